The SMILES string of the molecule is CCC1CC1N1CCCN2CCCCC2C1. The molecule has 0 radical (unpaired) electrons. The lowest BCUT2D eigenvalue weighted by Gasteiger charge is -2.35. The van der Waals surface area contributed by atoms with Gasteiger partial charge < -0.3 is 0 Å². The second kappa shape index (κ2) is 4.66. The second-order valence-corrected chi connectivity index (χ2v) is 6.01. The van der Waals surface area contributed by atoms with Gasteiger partial charge in [0.1, 0.15) is 0 Å². The van der Waals surface area contributed by atoms with Crippen molar-refractivity contribution in [3.05, 3.63) is 0 Å². The van der Waals surface area contributed by atoms with Gasteiger partial charge in [0, 0.05) is 18.6 Å². The molecule has 3 aliphatic rings. The van der Waals surface area contributed by atoms with Gasteiger partial charge in [0.2, 0.25) is 0 Å². The highest BCUT2D eigenvalue weighted by Crippen LogP contribution is 2.39. The van der Waals surface area contributed by atoms with E-state index in [4.69, 9.17) is 0 Å². The Hall–Kier alpha value is -0.0800. The summed E-state index contributed by atoms with van der Waals surface area (Å²) in [6.07, 6.45) is 8.66. The normalized spacial score (nSPS) is 41.4. The molecule has 0 bridgehead atoms. The molecule has 1 aliphatic carbocycles. The van der Waals surface area contributed by atoms with Crippen LogP contribution in [-0.2, 0) is 0 Å². The predicted octanol–water partition coefficient (Wildman–Crippen LogP) is 2.35. The van der Waals surface area contributed by atoms with Gasteiger partial charge in [0.15, 0.2) is 0 Å². The highest BCUT2D eigenvalue weighted by atomic mass is 15.3. The number of hydrogen-bond donors (Lipinski definition) is 0. The van der Waals surface area contributed by atoms with Crippen LogP contribution in [0, 0.1) is 5.92 Å². The monoisotopic (exact) mass is 222 g/mol. The maximum atomic E-state index is 2.82. The topological polar surface area (TPSA) is 6.48 Å². The van der Waals surface area contributed by atoms with E-state index in [-0.39, 0.29) is 0 Å². The fourth-order valence-corrected chi connectivity index (χ4v) is 3.82. The average Bonchev–Trinajstić information content (AvgIpc) is 3.11. The van der Waals surface area contributed by atoms with E-state index in [1.165, 1.54) is 64.7 Å². The van der Waals surface area contributed by atoms with Crippen molar-refractivity contribution in [1.82, 2.24) is 9.80 Å². The van der Waals surface area contributed by atoms with Gasteiger partial charge in [-0.1, -0.05) is 19.8 Å². The number of hydrogen-bond acceptors (Lipinski definition) is 2. The van der Waals surface area contributed by atoms with Gasteiger partial charge in [0.05, 0.1) is 0 Å². The molecule has 2 saturated heterocycles. The Morgan fingerprint density at radius 2 is 1.81 bits per heavy atom. The van der Waals surface area contributed by atoms with Gasteiger partial charge in [-0.3, -0.25) is 9.80 Å². The van der Waals surface area contributed by atoms with Crippen LogP contribution in [0.2, 0.25) is 0 Å². The molecule has 0 aromatic carbocycles. The van der Waals surface area contributed by atoms with Crippen molar-refractivity contribution in [2.75, 3.05) is 26.2 Å². The Morgan fingerprint density at radius 3 is 2.62 bits per heavy atom. The number of nitrogens with zero attached hydrogens (tertiary/aromatic N) is 2. The molecule has 0 aromatic rings. The summed E-state index contributed by atoms with van der Waals surface area (Å²) in [5, 5.41) is 0. The number of piperidine rings is 1. The molecule has 2 aliphatic heterocycles. The van der Waals surface area contributed by atoms with Crippen molar-refractivity contribution >= 4 is 0 Å². The molecule has 1 saturated carbocycles. The van der Waals surface area contributed by atoms with Gasteiger partial charge in [0.25, 0.3) is 0 Å². The molecule has 0 N–H and O–H groups in total. The Morgan fingerprint density at radius 1 is 1.00 bits per heavy atom. The van der Waals surface area contributed by atoms with Crippen LogP contribution >= 0.6 is 0 Å². The summed E-state index contributed by atoms with van der Waals surface area (Å²) in [4.78, 5) is 5.59. The van der Waals surface area contributed by atoms with Crippen molar-refractivity contribution < 1.29 is 0 Å². The van der Waals surface area contributed by atoms with Gasteiger partial charge in [-0.25, -0.2) is 0 Å². The van der Waals surface area contributed by atoms with Crippen molar-refractivity contribution in [3.63, 3.8) is 0 Å². The standard InChI is InChI=1S/C14H26N2/c1-2-12-10-14(12)16-9-5-8-15-7-4-3-6-13(15)11-16/h12-14H,2-11H2,1H3. The van der Waals surface area contributed by atoms with E-state index in [0.29, 0.717) is 0 Å². The Balaban J connectivity index is 1.60. The Labute approximate surface area is 100.0 Å². The lowest BCUT2D eigenvalue weighted by molar-refractivity contribution is 0.132. The molecule has 3 unspecified atom stereocenters. The third-order valence-corrected chi connectivity index (χ3v) is 4.96. The van der Waals surface area contributed by atoms with Crippen molar-refractivity contribution in [1.29, 1.82) is 0 Å². The summed E-state index contributed by atoms with van der Waals surface area (Å²) in [6.45, 7) is 7.84. The van der Waals surface area contributed by atoms with E-state index in [2.05, 4.69) is 16.7 Å². The third kappa shape index (κ3) is 2.14. The summed E-state index contributed by atoms with van der Waals surface area (Å²) >= 11 is 0. The zero-order valence-electron chi connectivity index (χ0n) is 10.7. The zero-order chi connectivity index (χ0) is 11.0. The molecular weight excluding hydrogens is 196 g/mol. The third-order valence-electron chi connectivity index (χ3n) is 4.96. The molecule has 16 heavy (non-hydrogen) atoms. The summed E-state index contributed by atoms with van der Waals surface area (Å²) < 4.78 is 0. The molecule has 3 atom stereocenters. The van der Waals surface area contributed by atoms with Crippen LogP contribution in [0.4, 0.5) is 0 Å². The van der Waals surface area contributed by atoms with Crippen LogP contribution in [0.5, 0.6) is 0 Å². The van der Waals surface area contributed by atoms with Crippen molar-refractivity contribution in [2.24, 2.45) is 5.92 Å². The van der Waals surface area contributed by atoms with Crippen LogP contribution in [0.25, 0.3) is 0 Å². The molecule has 3 fully saturated rings. The first-order chi connectivity index (χ1) is 7.88. The molecule has 2 heteroatoms. The quantitative estimate of drug-likeness (QED) is 0.707. The fraction of sp³-hybridized carbons (Fsp3) is 1.00. The van der Waals surface area contributed by atoms with Crippen molar-refractivity contribution in [2.45, 2.75) is 57.5 Å². The first kappa shape index (κ1) is 11.0. The predicted molar refractivity (Wildman–Crippen MR) is 67.6 cm³/mol. The van der Waals surface area contributed by atoms with Crippen LogP contribution in [0.1, 0.15) is 45.4 Å². The summed E-state index contributed by atoms with van der Waals surface area (Å²) in [5.74, 6) is 1.04. The highest BCUT2D eigenvalue weighted by molar-refractivity contribution is 4.97. The van der Waals surface area contributed by atoms with E-state index in [1.54, 1.807) is 0 Å². The van der Waals surface area contributed by atoms with Gasteiger partial charge in [-0.15, -0.1) is 0 Å². The molecule has 2 nitrogen and oxygen atoms in total. The number of rotatable bonds is 2. The maximum Gasteiger partial charge on any atom is 0.0223 e. The smallest absolute Gasteiger partial charge is 0.0223 e. The van der Waals surface area contributed by atoms with E-state index in [1.807, 2.05) is 0 Å². The van der Waals surface area contributed by atoms with E-state index < -0.39 is 0 Å². The number of fused-ring (bicyclic) bond motifs is 1. The molecule has 2 heterocycles. The second-order valence-electron chi connectivity index (χ2n) is 6.01. The molecular formula is C14H26N2. The van der Waals surface area contributed by atoms with Crippen LogP contribution < -0.4 is 0 Å². The lowest BCUT2D eigenvalue weighted by atomic mass is 10.0. The van der Waals surface area contributed by atoms with E-state index in [0.717, 1.165) is 18.0 Å². The van der Waals surface area contributed by atoms with Crippen LogP contribution in [0.15, 0.2) is 0 Å². The van der Waals surface area contributed by atoms with E-state index >= 15 is 0 Å². The molecule has 92 valence electrons. The Bertz CT molecular complexity index is 241. The molecule has 0 amide bonds. The van der Waals surface area contributed by atoms with Crippen molar-refractivity contribution in [3.8, 4) is 0 Å². The van der Waals surface area contributed by atoms with Gasteiger partial charge >= 0.3 is 0 Å². The largest absolute Gasteiger partial charge is 0.299 e. The summed E-state index contributed by atoms with van der Waals surface area (Å²) in [7, 11) is 0. The maximum absolute atomic E-state index is 2.82. The van der Waals surface area contributed by atoms with E-state index in [9.17, 15) is 0 Å². The summed E-state index contributed by atoms with van der Waals surface area (Å²) in [6, 6.07) is 1.86. The Kier molecular flexibility index (Phi) is 3.21. The minimum Gasteiger partial charge on any atom is -0.299 e. The van der Waals surface area contributed by atoms with Gasteiger partial charge in [-0.05, 0) is 51.2 Å². The van der Waals surface area contributed by atoms with Crippen LogP contribution in [0.3, 0.4) is 0 Å². The summed E-state index contributed by atoms with van der Waals surface area (Å²) in [5.41, 5.74) is 0. The molecule has 0 spiro atoms. The minimum absolute atomic E-state index is 0.898. The highest BCUT2D eigenvalue weighted by Gasteiger charge is 2.41. The lowest BCUT2D eigenvalue weighted by Crippen LogP contribution is -2.44. The van der Waals surface area contributed by atoms with Gasteiger partial charge in [-0.2, -0.15) is 0 Å². The average molecular weight is 222 g/mol. The first-order valence-electron chi connectivity index (χ1n) is 7.36. The first-order valence-corrected chi connectivity index (χ1v) is 7.36. The fourth-order valence-electron chi connectivity index (χ4n) is 3.82. The molecule has 3 rings (SSSR count). The minimum atomic E-state index is 0.898. The zero-order valence-corrected chi connectivity index (χ0v) is 10.7. The molecule has 0 aromatic heterocycles. The van der Waals surface area contributed by atoms with Crippen LogP contribution in [-0.4, -0.2) is 48.1 Å².